The highest BCUT2D eigenvalue weighted by Crippen LogP contribution is 2.27. The van der Waals surface area contributed by atoms with Gasteiger partial charge in [0.2, 0.25) is 0 Å². The Bertz CT molecular complexity index is 538. The number of imidazole rings is 1. The monoisotopic (exact) mass is 240 g/mol. The summed E-state index contributed by atoms with van der Waals surface area (Å²) in [6.07, 6.45) is -0.165. The molecule has 2 rings (SSSR count). The molecule has 0 saturated heterocycles. The number of hydrogen-bond acceptors (Lipinski definition) is 3. The summed E-state index contributed by atoms with van der Waals surface area (Å²) in [4.78, 5) is 17.6. The Balaban J connectivity index is 2.70. The fourth-order valence-electron chi connectivity index (χ4n) is 1.62. The van der Waals surface area contributed by atoms with Crippen molar-refractivity contribution in [1.82, 2.24) is 9.97 Å². The van der Waals surface area contributed by atoms with Gasteiger partial charge in [0.05, 0.1) is 17.4 Å². The number of aromatic amines is 1. The van der Waals surface area contributed by atoms with Gasteiger partial charge in [-0.2, -0.15) is 0 Å². The van der Waals surface area contributed by atoms with Gasteiger partial charge in [0.1, 0.15) is 0 Å². The number of H-pyrrole nitrogens is 1. The third-order valence-corrected chi connectivity index (χ3v) is 2.66. The lowest BCUT2D eigenvalue weighted by atomic mass is 10.0. The lowest BCUT2D eigenvalue weighted by Crippen LogP contribution is -2.13. The van der Waals surface area contributed by atoms with Gasteiger partial charge in [-0.05, 0) is 11.6 Å². The molecule has 3 N–H and O–H groups in total. The van der Waals surface area contributed by atoms with E-state index in [9.17, 15) is 9.90 Å². The van der Waals surface area contributed by atoms with E-state index in [1.165, 1.54) is 6.33 Å². The van der Waals surface area contributed by atoms with Gasteiger partial charge >= 0.3 is 5.97 Å². The van der Waals surface area contributed by atoms with E-state index >= 15 is 0 Å². The molecule has 0 spiro atoms. The number of nitrogens with one attached hydrogen (secondary N) is 1. The molecule has 0 aliphatic carbocycles. The van der Waals surface area contributed by atoms with Crippen LogP contribution < -0.4 is 0 Å². The van der Waals surface area contributed by atoms with Crippen molar-refractivity contribution < 1.29 is 15.0 Å². The number of carboxylic acid groups (broad SMARTS) is 1. The number of carbonyl (C=O) groups is 1. The standard InChI is InChI=1S/C10H9ClN2O3/c11-3-5-1-2-6-8(13-4-12-6)7(5)9(14)10(15)16/h1-2,4,9,14H,3H2,(H,12,13)(H,15,16). The number of halogens is 1. The van der Waals surface area contributed by atoms with Gasteiger partial charge in [0, 0.05) is 11.4 Å². The molecule has 2 aromatic rings. The van der Waals surface area contributed by atoms with Crippen molar-refractivity contribution in [2.75, 3.05) is 0 Å². The van der Waals surface area contributed by atoms with Crippen LogP contribution in [0, 0.1) is 0 Å². The molecular formula is C10H9ClN2O3. The van der Waals surface area contributed by atoms with Gasteiger partial charge < -0.3 is 15.2 Å². The molecule has 0 aliphatic heterocycles. The molecule has 16 heavy (non-hydrogen) atoms. The number of aromatic nitrogens is 2. The predicted octanol–water partition coefficient (Wildman–Crippen LogP) is 1.42. The lowest BCUT2D eigenvalue weighted by molar-refractivity contribution is -0.146. The van der Waals surface area contributed by atoms with Crippen molar-refractivity contribution >= 4 is 28.6 Å². The molecule has 0 saturated carbocycles. The summed E-state index contributed by atoms with van der Waals surface area (Å²) in [6.45, 7) is 0. The predicted molar refractivity (Wildman–Crippen MR) is 58.2 cm³/mol. The van der Waals surface area contributed by atoms with Crippen LogP contribution in [0.15, 0.2) is 18.5 Å². The Labute approximate surface area is 95.7 Å². The highest BCUT2D eigenvalue weighted by Gasteiger charge is 2.23. The molecule has 6 heteroatoms. The van der Waals surface area contributed by atoms with E-state index in [0.717, 1.165) is 0 Å². The number of aliphatic hydroxyl groups excluding tert-OH is 1. The van der Waals surface area contributed by atoms with Crippen molar-refractivity contribution in [1.29, 1.82) is 0 Å². The largest absolute Gasteiger partial charge is 0.479 e. The zero-order valence-corrected chi connectivity index (χ0v) is 8.90. The maximum Gasteiger partial charge on any atom is 0.337 e. The van der Waals surface area contributed by atoms with Gasteiger partial charge in [0.25, 0.3) is 0 Å². The average Bonchev–Trinajstić information content (AvgIpc) is 2.74. The third-order valence-electron chi connectivity index (χ3n) is 2.37. The maximum absolute atomic E-state index is 10.8. The van der Waals surface area contributed by atoms with Crippen molar-refractivity contribution in [3.63, 3.8) is 0 Å². The second-order valence-corrected chi connectivity index (χ2v) is 3.58. The highest BCUT2D eigenvalue weighted by molar-refractivity contribution is 6.17. The molecule has 1 aromatic heterocycles. The second-order valence-electron chi connectivity index (χ2n) is 3.31. The van der Waals surface area contributed by atoms with Crippen molar-refractivity contribution in [2.45, 2.75) is 12.0 Å². The highest BCUT2D eigenvalue weighted by atomic mass is 35.5. The van der Waals surface area contributed by atoms with Crippen LogP contribution in [0.25, 0.3) is 11.0 Å². The Morgan fingerprint density at radius 3 is 2.94 bits per heavy atom. The summed E-state index contributed by atoms with van der Waals surface area (Å²) in [5.74, 6) is -1.19. The number of carboxylic acids is 1. The molecule has 0 amide bonds. The SMILES string of the molecule is O=C(O)C(O)c1c(CCl)ccc2[nH]cnc12. The third kappa shape index (κ3) is 1.64. The number of aliphatic carboxylic acids is 1. The van der Waals surface area contributed by atoms with E-state index in [2.05, 4.69) is 9.97 Å². The van der Waals surface area contributed by atoms with Crippen LogP contribution in [0.3, 0.4) is 0 Å². The van der Waals surface area contributed by atoms with Gasteiger partial charge in [-0.3, -0.25) is 0 Å². The Morgan fingerprint density at radius 1 is 1.56 bits per heavy atom. The summed E-state index contributed by atoms with van der Waals surface area (Å²) >= 11 is 5.71. The molecule has 5 nitrogen and oxygen atoms in total. The first-order valence-electron chi connectivity index (χ1n) is 4.57. The summed E-state index contributed by atoms with van der Waals surface area (Å²) in [5, 5.41) is 18.4. The van der Waals surface area contributed by atoms with Crippen molar-refractivity contribution in [3.05, 3.63) is 29.6 Å². The van der Waals surface area contributed by atoms with Crippen LogP contribution in [0.5, 0.6) is 0 Å². The number of alkyl halides is 1. The van der Waals surface area contributed by atoms with E-state index in [4.69, 9.17) is 16.7 Å². The first kappa shape index (κ1) is 10.9. The van der Waals surface area contributed by atoms with E-state index in [1.807, 2.05) is 0 Å². The van der Waals surface area contributed by atoms with Crippen LogP contribution in [-0.2, 0) is 10.7 Å². The molecule has 1 heterocycles. The number of hydrogen-bond donors (Lipinski definition) is 3. The number of fused-ring (bicyclic) bond motifs is 1. The van der Waals surface area contributed by atoms with Gasteiger partial charge in [0.15, 0.2) is 6.10 Å². The minimum atomic E-state index is -1.61. The molecule has 1 unspecified atom stereocenters. The fourth-order valence-corrected chi connectivity index (χ4v) is 1.85. The number of aliphatic hydroxyl groups is 1. The van der Waals surface area contributed by atoms with Crippen LogP contribution in [0.1, 0.15) is 17.2 Å². The molecule has 1 atom stereocenters. The second kappa shape index (κ2) is 4.11. The molecule has 0 bridgehead atoms. The van der Waals surface area contributed by atoms with E-state index in [-0.39, 0.29) is 11.4 Å². The van der Waals surface area contributed by atoms with Crippen molar-refractivity contribution in [2.24, 2.45) is 0 Å². The molecule has 1 aromatic carbocycles. The Morgan fingerprint density at radius 2 is 2.31 bits per heavy atom. The van der Waals surface area contributed by atoms with Gasteiger partial charge in [-0.15, -0.1) is 11.6 Å². The van der Waals surface area contributed by atoms with E-state index in [0.29, 0.717) is 16.6 Å². The maximum atomic E-state index is 10.8. The van der Waals surface area contributed by atoms with E-state index < -0.39 is 12.1 Å². The number of rotatable bonds is 3. The Hall–Kier alpha value is -1.59. The van der Waals surface area contributed by atoms with Crippen LogP contribution in [0.2, 0.25) is 0 Å². The topological polar surface area (TPSA) is 86.2 Å². The van der Waals surface area contributed by atoms with Gasteiger partial charge in [-0.25, -0.2) is 9.78 Å². The summed E-state index contributed by atoms with van der Waals surface area (Å²) in [5.41, 5.74) is 1.93. The minimum Gasteiger partial charge on any atom is -0.479 e. The fraction of sp³-hybridized carbons (Fsp3) is 0.200. The van der Waals surface area contributed by atoms with Crippen molar-refractivity contribution in [3.8, 4) is 0 Å². The summed E-state index contributed by atoms with van der Waals surface area (Å²) < 4.78 is 0. The average molecular weight is 241 g/mol. The minimum absolute atomic E-state index is 0.127. The van der Waals surface area contributed by atoms with Crippen LogP contribution >= 0.6 is 11.6 Å². The molecule has 84 valence electrons. The van der Waals surface area contributed by atoms with Crippen LogP contribution in [0.4, 0.5) is 0 Å². The first-order valence-corrected chi connectivity index (χ1v) is 5.10. The zero-order chi connectivity index (χ0) is 11.7. The van der Waals surface area contributed by atoms with Gasteiger partial charge in [-0.1, -0.05) is 6.07 Å². The quantitative estimate of drug-likeness (QED) is 0.708. The molecule has 0 aliphatic rings. The van der Waals surface area contributed by atoms with E-state index in [1.54, 1.807) is 12.1 Å². The molecular weight excluding hydrogens is 232 g/mol. The molecule has 0 fully saturated rings. The lowest BCUT2D eigenvalue weighted by Gasteiger charge is -2.11. The number of benzene rings is 1. The summed E-state index contributed by atoms with van der Waals surface area (Å²) in [6, 6.07) is 3.42. The zero-order valence-electron chi connectivity index (χ0n) is 8.14. The van der Waals surface area contributed by atoms with Crippen LogP contribution in [-0.4, -0.2) is 26.2 Å². The summed E-state index contributed by atoms with van der Waals surface area (Å²) in [7, 11) is 0. The normalized spacial score (nSPS) is 12.9. The molecule has 0 radical (unpaired) electrons. The first-order chi connectivity index (χ1) is 7.65. The smallest absolute Gasteiger partial charge is 0.337 e. The number of nitrogens with zero attached hydrogens (tertiary/aromatic N) is 1. The Kier molecular flexibility index (Phi) is 2.80.